The van der Waals surface area contributed by atoms with Crippen LogP contribution < -0.4 is 10.2 Å². The summed E-state index contributed by atoms with van der Waals surface area (Å²) in [6.45, 7) is 0.466. The van der Waals surface area contributed by atoms with E-state index in [1.165, 1.54) is 0 Å². The number of aromatic nitrogens is 2. The summed E-state index contributed by atoms with van der Waals surface area (Å²) in [5.74, 6) is -0.959. The predicted molar refractivity (Wildman–Crippen MR) is 100.0 cm³/mol. The van der Waals surface area contributed by atoms with Crippen molar-refractivity contribution < 1.29 is 9.59 Å². The summed E-state index contributed by atoms with van der Waals surface area (Å²) in [4.78, 5) is 25.6. The number of hydrogen-bond donors (Lipinski definition) is 1. The van der Waals surface area contributed by atoms with Crippen LogP contribution in [-0.2, 0) is 9.59 Å². The maximum Gasteiger partial charge on any atom is 0.278 e. The molecule has 0 bridgehead atoms. The third-order valence-electron chi connectivity index (χ3n) is 3.53. The van der Waals surface area contributed by atoms with Crippen LogP contribution in [0.2, 0.25) is 5.02 Å². The quantitative estimate of drug-likeness (QED) is 0.732. The molecule has 3 rings (SSSR count). The van der Waals surface area contributed by atoms with Crippen molar-refractivity contribution in [1.82, 2.24) is 10.2 Å². The first-order valence-electron chi connectivity index (χ1n) is 7.01. The van der Waals surface area contributed by atoms with E-state index in [1.54, 1.807) is 29.2 Å². The number of anilines is 2. The number of nitrogens with one attached hydrogen (secondary N) is 1. The molecule has 1 saturated heterocycles. The molecule has 0 radical (unpaired) electrons. The van der Waals surface area contributed by atoms with E-state index in [2.05, 4.69) is 15.5 Å². The van der Waals surface area contributed by atoms with Crippen LogP contribution in [-0.4, -0.2) is 32.3 Å². The fourth-order valence-corrected chi connectivity index (χ4v) is 3.46. The van der Waals surface area contributed by atoms with Crippen LogP contribution in [0.4, 0.5) is 10.8 Å². The molecule has 11 heteroatoms. The molecule has 0 spiro atoms. The summed E-state index contributed by atoms with van der Waals surface area (Å²) >= 11 is 23.5. The van der Waals surface area contributed by atoms with Crippen molar-refractivity contribution in [3.8, 4) is 0 Å². The van der Waals surface area contributed by atoms with Gasteiger partial charge in [0.15, 0.2) is 0 Å². The molecule has 1 atom stereocenters. The molecule has 6 nitrogen and oxygen atoms in total. The van der Waals surface area contributed by atoms with Crippen molar-refractivity contribution in [2.75, 3.05) is 16.8 Å². The second kappa shape index (κ2) is 7.25. The number of nitrogens with zero attached hydrogens (tertiary/aromatic N) is 3. The van der Waals surface area contributed by atoms with Gasteiger partial charge >= 0.3 is 0 Å². The van der Waals surface area contributed by atoms with E-state index < -0.39 is 9.70 Å². The highest BCUT2D eigenvalue weighted by Crippen LogP contribution is 2.35. The zero-order valence-corrected chi connectivity index (χ0v) is 16.2. The first kappa shape index (κ1) is 18.7. The second-order valence-electron chi connectivity index (χ2n) is 5.28. The minimum Gasteiger partial charge on any atom is -0.312 e. The van der Waals surface area contributed by atoms with Crippen molar-refractivity contribution >= 4 is 80.4 Å². The smallest absolute Gasteiger partial charge is 0.278 e. The van der Waals surface area contributed by atoms with E-state index >= 15 is 0 Å². The van der Waals surface area contributed by atoms with Gasteiger partial charge < -0.3 is 4.90 Å². The molecule has 1 N–H and O–H groups in total. The fraction of sp³-hybridized carbons (Fsp3) is 0.286. The van der Waals surface area contributed by atoms with Gasteiger partial charge in [0.1, 0.15) is 5.01 Å². The van der Waals surface area contributed by atoms with Crippen molar-refractivity contribution in [2.45, 2.75) is 16.1 Å². The van der Waals surface area contributed by atoms with Crippen molar-refractivity contribution in [2.24, 2.45) is 0 Å². The van der Waals surface area contributed by atoms with Crippen molar-refractivity contribution in [3.63, 3.8) is 0 Å². The molecule has 0 saturated carbocycles. The fourth-order valence-electron chi connectivity index (χ4n) is 2.36. The lowest BCUT2D eigenvalue weighted by Gasteiger charge is -2.16. The summed E-state index contributed by atoms with van der Waals surface area (Å²) in [7, 11) is 0. The van der Waals surface area contributed by atoms with Crippen LogP contribution in [0.15, 0.2) is 24.3 Å². The van der Waals surface area contributed by atoms with Gasteiger partial charge in [0.2, 0.25) is 11.0 Å². The number of amides is 2. The predicted octanol–water partition coefficient (Wildman–Crippen LogP) is 4.02. The van der Waals surface area contributed by atoms with Gasteiger partial charge in [-0.2, -0.15) is 0 Å². The molecule has 2 heterocycles. The molecular weight excluding hydrogens is 430 g/mol. The van der Waals surface area contributed by atoms with Crippen LogP contribution in [0, 0.1) is 0 Å². The van der Waals surface area contributed by atoms with E-state index in [1.807, 2.05) is 0 Å². The number of halogens is 4. The molecule has 1 aliphatic heterocycles. The first-order chi connectivity index (χ1) is 11.7. The Morgan fingerprint density at radius 1 is 1.24 bits per heavy atom. The number of carbonyl (C=O) groups is 2. The molecule has 1 aromatic carbocycles. The Kier molecular flexibility index (Phi) is 5.41. The Balaban J connectivity index is 1.70. The lowest BCUT2D eigenvalue weighted by Crippen LogP contribution is -2.26. The Labute approximate surface area is 167 Å². The first-order valence-corrected chi connectivity index (χ1v) is 9.34. The maximum atomic E-state index is 12.3. The lowest BCUT2D eigenvalue weighted by molar-refractivity contribution is -0.117. The van der Waals surface area contributed by atoms with Gasteiger partial charge in [0.05, 0.1) is 0 Å². The van der Waals surface area contributed by atoms with Gasteiger partial charge in [-0.3, -0.25) is 14.9 Å². The van der Waals surface area contributed by atoms with Crippen LogP contribution >= 0.6 is 57.7 Å². The maximum absolute atomic E-state index is 12.3. The van der Waals surface area contributed by atoms with Crippen LogP contribution in [0.1, 0.15) is 17.3 Å². The minimum atomic E-state index is -2.08. The second-order valence-corrected chi connectivity index (χ2v) is 9.01. The van der Waals surface area contributed by atoms with Gasteiger partial charge in [-0.15, -0.1) is 10.2 Å². The average Bonchev–Trinajstić information content (AvgIpc) is 3.14. The van der Waals surface area contributed by atoms with E-state index in [0.717, 1.165) is 17.0 Å². The molecule has 0 aliphatic carbocycles. The highest BCUT2D eigenvalue weighted by molar-refractivity contribution is 7.15. The Hall–Kier alpha value is -1.12. The summed E-state index contributed by atoms with van der Waals surface area (Å²) in [6.07, 6.45) is 0.301. The van der Waals surface area contributed by atoms with Gasteiger partial charge in [-0.1, -0.05) is 57.7 Å². The van der Waals surface area contributed by atoms with Crippen LogP contribution in [0.5, 0.6) is 0 Å². The molecule has 1 aliphatic rings. The highest BCUT2D eigenvalue weighted by atomic mass is 35.6. The standard InChI is InChI=1S/C14H10Cl4N4O2S/c15-8-1-3-9(4-2-8)22-6-7(5-10(22)23)11-20-21-13(25-11)19-12(24)14(16,17)18/h1-4,7H,5-6H2,(H,19,21,24). The minimum absolute atomic E-state index is 0.0191. The average molecular weight is 440 g/mol. The van der Waals surface area contributed by atoms with Crippen molar-refractivity contribution in [3.05, 3.63) is 34.3 Å². The number of alkyl halides is 3. The summed E-state index contributed by atoms with van der Waals surface area (Å²) < 4.78 is -2.08. The topological polar surface area (TPSA) is 75.2 Å². The number of carbonyl (C=O) groups excluding carboxylic acids is 2. The molecule has 132 valence electrons. The third kappa shape index (κ3) is 4.35. The van der Waals surface area contributed by atoms with Gasteiger partial charge in [-0.25, -0.2) is 0 Å². The molecule has 1 unspecified atom stereocenters. The molecule has 2 amide bonds. The number of rotatable bonds is 3. The SMILES string of the molecule is O=C1CC(c2nnc(NC(=O)C(Cl)(Cl)Cl)s2)CN1c1ccc(Cl)cc1. The Morgan fingerprint density at radius 2 is 1.92 bits per heavy atom. The highest BCUT2D eigenvalue weighted by Gasteiger charge is 2.35. The summed E-state index contributed by atoms with van der Waals surface area (Å²) in [6, 6.07) is 7.03. The van der Waals surface area contributed by atoms with Gasteiger partial charge in [0.25, 0.3) is 9.70 Å². The zero-order chi connectivity index (χ0) is 18.2. The molecular formula is C14H10Cl4N4O2S. The van der Waals surface area contributed by atoms with Gasteiger partial charge in [0, 0.05) is 29.6 Å². The largest absolute Gasteiger partial charge is 0.312 e. The molecule has 2 aromatic rings. The monoisotopic (exact) mass is 438 g/mol. The molecule has 25 heavy (non-hydrogen) atoms. The number of hydrogen-bond acceptors (Lipinski definition) is 5. The Bertz CT molecular complexity index is 806. The van der Waals surface area contributed by atoms with E-state index in [4.69, 9.17) is 46.4 Å². The van der Waals surface area contributed by atoms with Crippen LogP contribution in [0.3, 0.4) is 0 Å². The lowest BCUT2D eigenvalue weighted by atomic mass is 10.1. The molecule has 1 fully saturated rings. The zero-order valence-electron chi connectivity index (χ0n) is 12.4. The van der Waals surface area contributed by atoms with Crippen molar-refractivity contribution in [1.29, 1.82) is 0 Å². The van der Waals surface area contributed by atoms with E-state index in [0.29, 0.717) is 23.0 Å². The van der Waals surface area contributed by atoms with E-state index in [9.17, 15) is 9.59 Å². The summed E-state index contributed by atoms with van der Waals surface area (Å²) in [5.41, 5.74) is 0.770. The third-order valence-corrected chi connectivity index (χ3v) is 5.30. The summed E-state index contributed by atoms with van der Waals surface area (Å²) in [5, 5.41) is 11.7. The van der Waals surface area contributed by atoms with Gasteiger partial charge in [-0.05, 0) is 24.3 Å². The van der Waals surface area contributed by atoms with E-state index in [-0.39, 0.29) is 17.0 Å². The van der Waals surface area contributed by atoms with Crippen LogP contribution in [0.25, 0.3) is 0 Å². The normalized spacial score (nSPS) is 17.8. The molecule has 1 aromatic heterocycles. The Morgan fingerprint density at radius 3 is 2.56 bits per heavy atom. The number of benzene rings is 1.